The first-order valence-corrected chi connectivity index (χ1v) is 6.80. The maximum absolute atomic E-state index is 14.2. The van der Waals surface area contributed by atoms with E-state index in [9.17, 15) is 14.9 Å². The van der Waals surface area contributed by atoms with Gasteiger partial charge in [0.1, 0.15) is 17.1 Å². The summed E-state index contributed by atoms with van der Waals surface area (Å²) in [6, 6.07) is 10.2. The molecule has 2 aliphatic heterocycles. The molecule has 0 radical (unpaired) electrons. The van der Waals surface area contributed by atoms with Gasteiger partial charge in [-0.2, -0.15) is 10.5 Å². The van der Waals surface area contributed by atoms with Crippen LogP contribution in [-0.2, 0) is 9.47 Å². The molecule has 1 saturated carbocycles. The molecule has 0 bridgehead atoms. The third kappa shape index (κ3) is 1.08. The summed E-state index contributed by atoms with van der Waals surface area (Å²) in [5.74, 6) is -2.92. The molecule has 1 aromatic rings. The lowest BCUT2D eigenvalue weighted by molar-refractivity contribution is -0.184. The molecular weight excluding hydrogens is 287 g/mol. The van der Waals surface area contributed by atoms with E-state index >= 15 is 0 Å². The summed E-state index contributed by atoms with van der Waals surface area (Å²) in [6.45, 7) is 0.484. The van der Waals surface area contributed by atoms with Crippen LogP contribution in [0.15, 0.2) is 29.3 Å². The van der Waals surface area contributed by atoms with Crippen LogP contribution in [0.4, 0.5) is 4.39 Å². The molecule has 3 atom stereocenters. The van der Waals surface area contributed by atoms with Crippen molar-refractivity contribution in [3.63, 3.8) is 0 Å². The van der Waals surface area contributed by atoms with Crippen LogP contribution in [0, 0.1) is 39.3 Å². The summed E-state index contributed by atoms with van der Waals surface area (Å²) >= 11 is 0. The topological polar surface area (TPSA) is 104 Å². The summed E-state index contributed by atoms with van der Waals surface area (Å²) in [6.07, 6.45) is 0. The van der Waals surface area contributed by atoms with E-state index in [0.717, 1.165) is 0 Å². The van der Waals surface area contributed by atoms with Gasteiger partial charge in [-0.05, 0) is 11.6 Å². The summed E-state index contributed by atoms with van der Waals surface area (Å²) < 4.78 is 25.3. The molecule has 4 rings (SSSR count). The lowest BCUT2D eigenvalue weighted by atomic mass is 9.94. The predicted octanol–water partition coefficient (Wildman–Crippen LogP) is 1.01. The number of fused-ring (bicyclic) bond motifs is 2. The highest BCUT2D eigenvalue weighted by molar-refractivity contribution is 6.00. The summed E-state index contributed by atoms with van der Waals surface area (Å²) in [5, 5.41) is 19.5. The monoisotopic (exact) mass is 298 g/mol. The smallest absolute Gasteiger partial charge is 0.293 e. The van der Waals surface area contributed by atoms with E-state index in [-0.39, 0.29) is 24.6 Å². The molecule has 22 heavy (non-hydrogen) atoms. The first kappa shape index (κ1) is 13.2. The fourth-order valence-corrected chi connectivity index (χ4v) is 3.89. The Labute approximate surface area is 125 Å². The molecule has 2 fully saturated rings. The van der Waals surface area contributed by atoms with Gasteiger partial charge in [-0.3, -0.25) is 0 Å². The maximum Gasteiger partial charge on any atom is 0.293 e. The first-order chi connectivity index (χ1) is 10.6. The number of benzene rings is 1. The van der Waals surface area contributed by atoms with Crippen LogP contribution >= 0.6 is 0 Å². The molecule has 3 aliphatic rings. The van der Waals surface area contributed by atoms with E-state index in [1.54, 1.807) is 18.2 Å². The van der Waals surface area contributed by atoms with Gasteiger partial charge in [-0.1, -0.05) is 18.2 Å². The molecule has 0 aromatic heterocycles. The zero-order valence-corrected chi connectivity index (χ0v) is 11.4. The summed E-state index contributed by atoms with van der Waals surface area (Å²) in [5.41, 5.74) is 3.32. The van der Waals surface area contributed by atoms with E-state index in [0.29, 0.717) is 0 Å². The highest BCUT2D eigenvalue weighted by atomic mass is 19.1. The van der Waals surface area contributed by atoms with Gasteiger partial charge in [0.25, 0.3) is 5.91 Å². The van der Waals surface area contributed by atoms with Crippen LogP contribution in [0.1, 0.15) is 11.5 Å². The minimum atomic E-state index is -1.62. The number of halogens is 1. The fourth-order valence-electron chi connectivity index (χ4n) is 3.89. The Hall–Kier alpha value is -2.48. The molecular formula is C15H11FN4O2. The standard InChI is InChI=1S/C15H11FN4O2/c16-10-4-2-1-3-9(10)11-13(7-17)12(19)20-15(14(11,13)8-18)21-5-6-22-15/h1-4,11H,5-6H2,(H2,19,20)/t11-,13+,14+/m0/s1. The van der Waals surface area contributed by atoms with Crippen molar-refractivity contribution in [2.45, 2.75) is 11.8 Å². The van der Waals surface area contributed by atoms with Crippen LogP contribution in [0.2, 0.25) is 0 Å². The van der Waals surface area contributed by atoms with Crippen molar-refractivity contribution < 1.29 is 13.9 Å². The van der Waals surface area contributed by atoms with Crippen molar-refractivity contribution in [2.24, 2.45) is 21.6 Å². The Balaban J connectivity index is 1.97. The Kier molecular flexibility index (Phi) is 2.30. The second-order valence-electron chi connectivity index (χ2n) is 5.57. The fraction of sp³-hybridized carbons (Fsp3) is 0.400. The molecule has 1 spiro atoms. The third-order valence-corrected chi connectivity index (χ3v) is 4.82. The van der Waals surface area contributed by atoms with Gasteiger partial charge < -0.3 is 15.2 Å². The van der Waals surface area contributed by atoms with Crippen molar-refractivity contribution in [3.05, 3.63) is 35.6 Å². The molecule has 2 N–H and O–H groups in total. The lowest BCUT2D eigenvalue weighted by Gasteiger charge is -2.25. The zero-order chi connectivity index (χ0) is 15.6. The summed E-state index contributed by atoms with van der Waals surface area (Å²) in [4.78, 5) is 4.12. The Bertz CT molecular complexity index is 789. The predicted molar refractivity (Wildman–Crippen MR) is 71.5 cm³/mol. The molecule has 1 saturated heterocycles. The largest absolute Gasteiger partial charge is 0.386 e. The Morgan fingerprint density at radius 3 is 2.50 bits per heavy atom. The number of hydrogen-bond acceptors (Lipinski definition) is 6. The number of hydrogen-bond donors (Lipinski definition) is 1. The SMILES string of the molecule is N#C[C@@]12C(N)=NC3(OCCO3)[C@]1(C#N)[C@H]2c1ccccc1F. The first-order valence-electron chi connectivity index (χ1n) is 6.80. The van der Waals surface area contributed by atoms with Crippen LogP contribution in [0.3, 0.4) is 0 Å². The van der Waals surface area contributed by atoms with Crippen LogP contribution in [0.5, 0.6) is 0 Å². The molecule has 0 unspecified atom stereocenters. The van der Waals surface area contributed by atoms with E-state index in [4.69, 9.17) is 15.2 Å². The minimum absolute atomic E-state index is 0.0355. The molecule has 0 amide bonds. The van der Waals surface area contributed by atoms with E-state index < -0.39 is 28.5 Å². The number of ether oxygens (including phenoxy) is 2. The van der Waals surface area contributed by atoms with Crippen molar-refractivity contribution in [1.82, 2.24) is 0 Å². The van der Waals surface area contributed by atoms with Crippen molar-refractivity contribution in [2.75, 3.05) is 13.2 Å². The highest BCUT2D eigenvalue weighted by Crippen LogP contribution is 2.82. The maximum atomic E-state index is 14.2. The number of aliphatic imine (C=N–C) groups is 1. The second kappa shape index (κ2) is 3.83. The van der Waals surface area contributed by atoms with Gasteiger partial charge in [-0.15, -0.1) is 0 Å². The van der Waals surface area contributed by atoms with E-state index in [1.165, 1.54) is 6.07 Å². The normalized spacial score (nSPS) is 37.2. The average Bonchev–Trinajstić information content (AvgIpc) is 2.76. The van der Waals surface area contributed by atoms with Crippen LogP contribution in [0.25, 0.3) is 0 Å². The van der Waals surface area contributed by atoms with Gasteiger partial charge in [0, 0.05) is 5.92 Å². The Morgan fingerprint density at radius 1 is 1.23 bits per heavy atom. The summed E-state index contributed by atoms with van der Waals surface area (Å²) in [7, 11) is 0. The van der Waals surface area contributed by atoms with Gasteiger partial charge in [0.2, 0.25) is 0 Å². The third-order valence-electron chi connectivity index (χ3n) is 4.82. The zero-order valence-electron chi connectivity index (χ0n) is 11.4. The van der Waals surface area contributed by atoms with Crippen molar-refractivity contribution >= 4 is 5.84 Å². The number of nitrogens with two attached hydrogens (primary N) is 1. The molecule has 6 nitrogen and oxygen atoms in total. The number of rotatable bonds is 1. The molecule has 1 aromatic carbocycles. The van der Waals surface area contributed by atoms with Crippen molar-refractivity contribution in [3.8, 4) is 12.1 Å². The molecule has 7 heteroatoms. The van der Waals surface area contributed by atoms with Gasteiger partial charge in [0.15, 0.2) is 5.41 Å². The van der Waals surface area contributed by atoms with Gasteiger partial charge >= 0.3 is 0 Å². The Morgan fingerprint density at radius 2 is 1.91 bits per heavy atom. The van der Waals surface area contributed by atoms with Crippen LogP contribution < -0.4 is 5.73 Å². The minimum Gasteiger partial charge on any atom is -0.386 e. The number of nitriles is 2. The second-order valence-corrected chi connectivity index (χ2v) is 5.57. The van der Waals surface area contributed by atoms with Crippen molar-refractivity contribution in [1.29, 1.82) is 10.5 Å². The van der Waals surface area contributed by atoms with E-state index in [1.807, 2.05) is 0 Å². The van der Waals surface area contributed by atoms with E-state index in [2.05, 4.69) is 17.1 Å². The number of amidine groups is 1. The molecule has 1 aliphatic carbocycles. The highest BCUT2D eigenvalue weighted by Gasteiger charge is 2.94. The van der Waals surface area contributed by atoms with Gasteiger partial charge in [-0.25, -0.2) is 9.38 Å². The average molecular weight is 298 g/mol. The van der Waals surface area contributed by atoms with Gasteiger partial charge in [0.05, 0.1) is 25.4 Å². The lowest BCUT2D eigenvalue weighted by Crippen LogP contribution is -2.38. The number of nitrogens with zero attached hydrogens (tertiary/aromatic N) is 3. The quantitative estimate of drug-likeness (QED) is 0.833. The molecule has 2 heterocycles. The van der Waals surface area contributed by atoms with Crippen LogP contribution in [-0.4, -0.2) is 25.0 Å². The molecule has 110 valence electrons.